The van der Waals surface area contributed by atoms with Crippen LogP contribution in [0, 0.1) is 0 Å². The van der Waals surface area contributed by atoms with Crippen LogP contribution in [0.3, 0.4) is 0 Å². The fourth-order valence-corrected chi connectivity index (χ4v) is 2.88. The average Bonchev–Trinajstić information content (AvgIpc) is 2.37. The number of hydrogen-bond acceptors (Lipinski definition) is 3. The quantitative estimate of drug-likeness (QED) is 0.871. The lowest BCUT2D eigenvalue weighted by Gasteiger charge is -2.21. The van der Waals surface area contributed by atoms with E-state index in [1.165, 1.54) is 17.0 Å². The van der Waals surface area contributed by atoms with E-state index in [2.05, 4.69) is 15.9 Å². The molecule has 5 nitrogen and oxygen atoms in total. The second-order valence-electron chi connectivity index (χ2n) is 4.54. The van der Waals surface area contributed by atoms with Crippen LogP contribution in [0.15, 0.2) is 27.6 Å². The average molecular weight is 362 g/mol. The fraction of sp³-hybridized carbons (Fsp3) is 0.385. The van der Waals surface area contributed by atoms with Gasteiger partial charge in [0.2, 0.25) is 5.91 Å². The van der Waals surface area contributed by atoms with E-state index in [1.807, 2.05) is 13.8 Å². The summed E-state index contributed by atoms with van der Waals surface area (Å²) in [4.78, 5) is 24.7. The maximum absolute atomic E-state index is 12.1. The molecule has 0 aliphatic carbocycles. The number of carbonyl (C=O) groups is 2. The number of benzene rings is 1. The highest BCUT2D eigenvalue weighted by atomic mass is 79.9. The summed E-state index contributed by atoms with van der Waals surface area (Å²) in [5.41, 5.74) is 0.0283. The molecule has 7 heteroatoms. The molecule has 0 saturated carbocycles. The van der Waals surface area contributed by atoms with E-state index in [0.29, 0.717) is 9.37 Å². The molecule has 0 bridgehead atoms. The minimum atomic E-state index is -1.56. The second kappa shape index (κ2) is 6.99. The smallest absolute Gasteiger partial charge is 0.336 e. The van der Waals surface area contributed by atoms with Crippen molar-refractivity contribution in [2.24, 2.45) is 0 Å². The van der Waals surface area contributed by atoms with Gasteiger partial charge in [0.1, 0.15) is 5.75 Å². The monoisotopic (exact) mass is 361 g/mol. The summed E-state index contributed by atoms with van der Waals surface area (Å²) in [6, 6.07) is 4.42. The normalized spacial score (nSPS) is 12.2. The van der Waals surface area contributed by atoms with Crippen LogP contribution in [0.1, 0.15) is 24.2 Å². The van der Waals surface area contributed by atoms with Gasteiger partial charge < -0.3 is 10.0 Å². The Balaban J connectivity index is 2.91. The lowest BCUT2D eigenvalue weighted by atomic mass is 10.2. The Bertz CT molecular complexity index is 559. The number of halogens is 1. The molecule has 0 aliphatic heterocycles. The summed E-state index contributed by atoms with van der Waals surface area (Å²) in [5.74, 6) is -1.51. The third-order valence-corrected chi connectivity index (χ3v) is 4.83. The number of nitrogens with zero attached hydrogens (tertiary/aromatic N) is 1. The van der Waals surface area contributed by atoms with Gasteiger partial charge >= 0.3 is 5.97 Å². The van der Waals surface area contributed by atoms with Crippen LogP contribution >= 0.6 is 15.9 Å². The molecule has 110 valence electrons. The molecule has 0 fully saturated rings. The zero-order valence-electron chi connectivity index (χ0n) is 11.4. The molecule has 1 rings (SSSR count). The second-order valence-corrected chi connectivity index (χ2v) is 6.84. The van der Waals surface area contributed by atoms with Crippen molar-refractivity contribution in [1.29, 1.82) is 0 Å². The van der Waals surface area contributed by atoms with Crippen LogP contribution in [0.2, 0.25) is 0 Å². The minimum absolute atomic E-state index is 0.0269. The molecule has 0 saturated heterocycles. The number of aromatic carboxylic acids is 1. The summed E-state index contributed by atoms with van der Waals surface area (Å²) in [6.07, 6.45) is 0. The molecule has 1 aromatic rings. The van der Waals surface area contributed by atoms with Crippen molar-refractivity contribution in [1.82, 2.24) is 4.90 Å². The zero-order chi connectivity index (χ0) is 15.4. The Hall–Kier alpha value is -1.21. The third kappa shape index (κ3) is 4.14. The van der Waals surface area contributed by atoms with Crippen molar-refractivity contribution >= 4 is 38.6 Å². The molecule has 1 unspecified atom stereocenters. The van der Waals surface area contributed by atoms with Gasteiger partial charge in [0, 0.05) is 22.5 Å². The maximum atomic E-state index is 12.1. The first-order valence-corrected chi connectivity index (χ1v) is 8.02. The number of carboxylic acids is 1. The molecule has 0 heterocycles. The molecule has 1 amide bonds. The number of hydrogen-bond donors (Lipinski definition) is 1. The molecule has 1 N–H and O–H groups in total. The van der Waals surface area contributed by atoms with Crippen LogP contribution in [-0.4, -0.2) is 44.9 Å². The zero-order valence-corrected chi connectivity index (χ0v) is 13.8. The molecule has 0 spiro atoms. The fourth-order valence-electron chi connectivity index (χ4n) is 1.40. The Kier molecular flexibility index (Phi) is 5.88. The van der Waals surface area contributed by atoms with E-state index in [4.69, 9.17) is 5.11 Å². The summed E-state index contributed by atoms with van der Waals surface area (Å²) in [6.45, 7) is 3.73. The van der Waals surface area contributed by atoms with Gasteiger partial charge in [-0.2, -0.15) is 0 Å². The van der Waals surface area contributed by atoms with Crippen molar-refractivity contribution in [2.75, 3.05) is 12.8 Å². The third-order valence-electron chi connectivity index (χ3n) is 2.85. The largest absolute Gasteiger partial charge is 0.478 e. The lowest BCUT2D eigenvalue weighted by molar-refractivity contribution is -0.128. The first kappa shape index (κ1) is 16.8. The SMILES string of the molecule is CC(C)N(C)C(=O)CS(=O)c1ccc(Br)c(C(=O)O)c1. The highest BCUT2D eigenvalue weighted by Crippen LogP contribution is 2.20. The van der Waals surface area contributed by atoms with Crippen molar-refractivity contribution in [3.05, 3.63) is 28.2 Å². The summed E-state index contributed by atoms with van der Waals surface area (Å²) >= 11 is 3.12. The molecule has 20 heavy (non-hydrogen) atoms. The topological polar surface area (TPSA) is 74.7 Å². The van der Waals surface area contributed by atoms with E-state index < -0.39 is 16.8 Å². The summed E-state index contributed by atoms with van der Waals surface area (Å²) < 4.78 is 12.5. The maximum Gasteiger partial charge on any atom is 0.336 e. The van der Waals surface area contributed by atoms with Gasteiger partial charge in [0.15, 0.2) is 0 Å². The van der Waals surface area contributed by atoms with Gasteiger partial charge in [-0.05, 0) is 48.0 Å². The number of rotatable bonds is 5. The Morgan fingerprint density at radius 3 is 2.50 bits per heavy atom. The van der Waals surface area contributed by atoms with Gasteiger partial charge in [-0.1, -0.05) is 0 Å². The van der Waals surface area contributed by atoms with Crippen LogP contribution in [0.4, 0.5) is 0 Å². The highest BCUT2D eigenvalue weighted by Gasteiger charge is 2.18. The van der Waals surface area contributed by atoms with E-state index in [-0.39, 0.29) is 23.3 Å². The molecular weight excluding hydrogens is 346 g/mol. The van der Waals surface area contributed by atoms with Gasteiger partial charge in [0.05, 0.1) is 16.4 Å². The van der Waals surface area contributed by atoms with Gasteiger partial charge in [-0.15, -0.1) is 0 Å². The van der Waals surface area contributed by atoms with Crippen LogP contribution in [0.5, 0.6) is 0 Å². The summed E-state index contributed by atoms with van der Waals surface area (Å²) in [7, 11) is 0.0862. The predicted octanol–water partition coefficient (Wildman–Crippen LogP) is 2.12. The first-order valence-electron chi connectivity index (χ1n) is 5.91. The number of carboxylic acid groups (broad SMARTS) is 1. The van der Waals surface area contributed by atoms with E-state index in [9.17, 15) is 13.8 Å². The molecule has 0 aliphatic rings. The molecule has 0 radical (unpaired) electrons. The Labute approximate surface area is 128 Å². The van der Waals surface area contributed by atoms with Crippen molar-refractivity contribution < 1.29 is 18.9 Å². The van der Waals surface area contributed by atoms with Crippen molar-refractivity contribution in [3.8, 4) is 0 Å². The van der Waals surface area contributed by atoms with Crippen molar-refractivity contribution in [3.63, 3.8) is 0 Å². The number of amides is 1. The van der Waals surface area contributed by atoms with Gasteiger partial charge in [-0.25, -0.2) is 4.79 Å². The molecule has 0 aromatic heterocycles. The molecular formula is C13H16BrNO4S. The van der Waals surface area contributed by atoms with Crippen molar-refractivity contribution in [2.45, 2.75) is 24.8 Å². The minimum Gasteiger partial charge on any atom is -0.478 e. The summed E-state index contributed by atoms with van der Waals surface area (Å²) in [5, 5.41) is 9.01. The van der Waals surface area contributed by atoms with Gasteiger partial charge in [0.25, 0.3) is 0 Å². The molecule has 1 aromatic carbocycles. The Morgan fingerprint density at radius 2 is 2.00 bits per heavy atom. The highest BCUT2D eigenvalue weighted by molar-refractivity contribution is 9.10. The van der Waals surface area contributed by atoms with Crippen LogP contribution in [-0.2, 0) is 15.6 Å². The van der Waals surface area contributed by atoms with Gasteiger partial charge in [-0.3, -0.25) is 9.00 Å². The van der Waals surface area contributed by atoms with E-state index in [0.717, 1.165) is 0 Å². The predicted molar refractivity (Wildman–Crippen MR) is 80.3 cm³/mol. The van der Waals surface area contributed by atoms with Crippen LogP contribution in [0.25, 0.3) is 0 Å². The standard InChI is InChI=1S/C13H16BrNO4S/c1-8(2)15(3)12(16)7-20(19)9-4-5-11(14)10(6-9)13(17)18/h4-6,8H,7H2,1-3H3,(H,17,18). The lowest BCUT2D eigenvalue weighted by Crippen LogP contribution is -2.36. The van der Waals surface area contributed by atoms with Crippen LogP contribution < -0.4 is 0 Å². The van der Waals surface area contributed by atoms with E-state index in [1.54, 1.807) is 13.1 Å². The molecule has 1 atom stereocenters. The number of carbonyl (C=O) groups excluding carboxylic acids is 1. The van der Waals surface area contributed by atoms with E-state index >= 15 is 0 Å². The Morgan fingerprint density at radius 1 is 1.40 bits per heavy atom. The first-order chi connectivity index (χ1) is 9.23.